The Morgan fingerprint density at radius 2 is 2.05 bits per heavy atom. The van der Waals surface area contributed by atoms with Crippen molar-refractivity contribution in [3.05, 3.63) is 30.1 Å². The summed E-state index contributed by atoms with van der Waals surface area (Å²) < 4.78 is 24.1. The molecule has 3 heterocycles. The van der Waals surface area contributed by atoms with E-state index in [4.69, 9.17) is 5.73 Å². The summed E-state index contributed by atoms with van der Waals surface area (Å²) in [5.74, 6) is -0.0503. The quantitative estimate of drug-likeness (QED) is 0.754. The second-order valence-corrected chi connectivity index (χ2v) is 7.95. The van der Waals surface area contributed by atoms with Crippen LogP contribution in [0.2, 0.25) is 0 Å². The summed E-state index contributed by atoms with van der Waals surface area (Å²) in [5.41, 5.74) is 6.35. The maximum absolute atomic E-state index is 12.0. The minimum atomic E-state index is -3.13. The molecule has 1 amide bonds. The van der Waals surface area contributed by atoms with E-state index in [0.29, 0.717) is 19.6 Å². The van der Waals surface area contributed by atoms with Crippen LogP contribution < -0.4 is 5.73 Å². The molecule has 0 aromatic carbocycles. The van der Waals surface area contributed by atoms with Gasteiger partial charge < -0.3 is 10.6 Å². The lowest BCUT2D eigenvalue weighted by molar-refractivity contribution is -0.135. The zero-order valence-corrected chi connectivity index (χ0v) is 13.1. The van der Waals surface area contributed by atoms with Gasteiger partial charge in [-0.15, -0.1) is 0 Å². The summed E-state index contributed by atoms with van der Waals surface area (Å²) in [6.45, 7) is 1.67. The van der Waals surface area contributed by atoms with Gasteiger partial charge in [-0.05, 0) is 12.1 Å². The molecule has 22 heavy (non-hydrogen) atoms. The van der Waals surface area contributed by atoms with Gasteiger partial charge in [-0.1, -0.05) is 6.07 Å². The number of nitrogens with zero attached hydrogens (tertiary/aromatic N) is 3. The van der Waals surface area contributed by atoms with Gasteiger partial charge in [0.25, 0.3) is 0 Å². The maximum Gasteiger partial charge on any atom is 0.236 e. The lowest BCUT2D eigenvalue weighted by Gasteiger charge is -2.43. The molecule has 2 unspecified atom stereocenters. The van der Waals surface area contributed by atoms with E-state index in [-0.39, 0.29) is 36.0 Å². The third kappa shape index (κ3) is 2.99. The largest absolute Gasteiger partial charge is 0.335 e. The van der Waals surface area contributed by atoms with Crippen LogP contribution >= 0.6 is 0 Å². The van der Waals surface area contributed by atoms with Gasteiger partial charge in [0.15, 0.2) is 9.84 Å². The molecular formula is C14H20N4O3S. The van der Waals surface area contributed by atoms with Crippen molar-refractivity contribution in [3.63, 3.8) is 0 Å². The highest BCUT2D eigenvalue weighted by molar-refractivity contribution is 7.91. The molecule has 120 valence electrons. The standard InChI is InChI=1S/C14H20N4O3S/c15-7-14(19)18-6-5-17(8-11-3-1-2-4-16-11)12-9-22(20,21)10-13(12)18/h1-4,12-13H,5-10,15H2. The predicted octanol–water partition coefficient (Wildman–Crippen LogP) is -1.15. The van der Waals surface area contributed by atoms with E-state index in [0.717, 1.165) is 5.69 Å². The van der Waals surface area contributed by atoms with Gasteiger partial charge in [0.1, 0.15) is 0 Å². The van der Waals surface area contributed by atoms with E-state index in [1.807, 2.05) is 18.2 Å². The second kappa shape index (κ2) is 5.94. The van der Waals surface area contributed by atoms with E-state index in [1.165, 1.54) is 0 Å². The van der Waals surface area contributed by atoms with E-state index < -0.39 is 9.84 Å². The Morgan fingerprint density at radius 3 is 2.73 bits per heavy atom. The molecule has 8 heteroatoms. The van der Waals surface area contributed by atoms with Gasteiger partial charge in [-0.2, -0.15) is 0 Å². The number of carbonyl (C=O) groups is 1. The van der Waals surface area contributed by atoms with Crippen molar-refractivity contribution in [2.24, 2.45) is 5.73 Å². The number of hydrogen-bond donors (Lipinski definition) is 1. The summed E-state index contributed by atoms with van der Waals surface area (Å²) >= 11 is 0. The monoisotopic (exact) mass is 324 g/mol. The number of amides is 1. The van der Waals surface area contributed by atoms with Crippen molar-refractivity contribution in [1.82, 2.24) is 14.8 Å². The molecule has 2 aliphatic rings. The average molecular weight is 324 g/mol. The van der Waals surface area contributed by atoms with Crippen molar-refractivity contribution in [2.45, 2.75) is 18.6 Å². The molecule has 1 aromatic heterocycles. The maximum atomic E-state index is 12.0. The number of sulfone groups is 1. The van der Waals surface area contributed by atoms with E-state index in [9.17, 15) is 13.2 Å². The third-order valence-corrected chi connectivity index (χ3v) is 6.08. The van der Waals surface area contributed by atoms with Crippen molar-refractivity contribution >= 4 is 15.7 Å². The van der Waals surface area contributed by atoms with Crippen LogP contribution in [-0.4, -0.2) is 72.3 Å². The van der Waals surface area contributed by atoms with Crippen LogP contribution in [0.5, 0.6) is 0 Å². The summed E-state index contributed by atoms with van der Waals surface area (Å²) in [7, 11) is -3.13. The number of aromatic nitrogens is 1. The molecule has 3 rings (SSSR count). The van der Waals surface area contributed by atoms with Crippen LogP contribution in [0, 0.1) is 0 Å². The smallest absolute Gasteiger partial charge is 0.236 e. The first-order chi connectivity index (χ1) is 10.5. The molecule has 2 N–H and O–H groups in total. The Labute approximate surface area is 130 Å². The van der Waals surface area contributed by atoms with Crippen molar-refractivity contribution in [1.29, 1.82) is 0 Å². The van der Waals surface area contributed by atoms with Gasteiger partial charge in [0.05, 0.1) is 29.8 Å². The van der Waals surface area contributed by atoms with Crippen molar-refractivity contribution in [3.8, 4) is 0 Å². The second-order valence-electron chi connectivity index (χ2n) is 5.79. The fourth-order valence-electron chi connectivity index (χ4n) is 3.35. The Morgan fingerprint density at radius 1 is 1.27 bits per heavy atom. The Balaban J connectivity index is 1.82. The van der Waals surface area contributed by atoms with Gasteiger partial charge in [-0.3, -0.25) is 14.7 Å². The molecule has 7 nitrogen and oxygen atoms in total. The molecule has 0 saturated carbocycles. The van der Waals surface area contributed by atoms with Crippen LogP contribution in [-0.2, 0) is 21.2 Å². The van der Waals surface area contributed by atoms with E-state index in [2.05, 4.69) is 9.88 Å². The molecule has 2 atom stereocenters. The highest BCUT2D eigenvalue weighted by Gasteiger charge is 2.47. The number of fused-ring (bicyclic) bond motifs is 1. The molecule has 0 spiro atoms. The number of hydrogen-bond acceptors (Lipinski definition) is 6. The Bertz CT molecular complexity index is 649. The van der Waals surface area contributed by atoms with Crippen LogP contribution in [0.15, 0.2) is 24.4 Å². The molecule has 2 fully saturated rings. The SMILES string of the molecule is NCC(=O)N1CCN(Cc2ccccn2)C2CS(=O)(=O)CC21. The average Bonchev–Trinajstić information content (AvgIpc) is 2.83. The number of piperazine rings is 1. The first kappa shape index (κ1) is 15.4. The minimum Gasteiger partial charge on any atom is -0.335 e. The molecule has 2 saturated heterocycles. The minimum absolute atomic E-state index is 0.0299. The van der Waals surface area contributed by atoms with Gasteiger partial charge in [0, 0.05) is 31.9 Å². The summed E-state index contributed by atoms with van der Waals surface area (Å²) in [5, 5.41) is 0. The van der Waals surface area contributed by atoms with Gasteiger partial charge in [-0.25, -0.2) is 8.42 Å². The molecule has 0 aliphatic carbocycles. The summed E-state index contributed by atoms with van der Waals surface area (Å²) in [6, 6.07) is 5.23. The number of pyridine rings is 1. The van der Waals surface area contributed by atoms with Gasteiger partial charge >= 0.3 is 0 Å². The molecular weight excluding hydrogens is 304 g/mol. The molecule has 0 bridgehead atoms. The third-order valence-electron chi connectivity index (χ3n) is 4.38. The highest BCUT2D eigenvalue weighted by atomic mass is 32.2. The number of nitrogens with two attached hydrogens (primary N) is 1. The molecule has 1 aromatic rings. The van der Waals surface area contributed by atoms with Crippen LogP contribution in [0.1, 0.15) is 5.69 Å². The Hall–Kier alpha value is -1.51. The fraction of sp³-hybridized carbons (Fsp3) is 0.571. The summed E-state index contributed by atoms with van der Waals surface area (Å²) in [6.07, 6.45) is 1.73. The lowest BCUT2D eigenvalue weighted by atomic mass is 10.0. The van der Waals surface area contributed by atoms with Crippen molar-refractivity contribution < 1.29 is 13.2 Å². The summed E-state index contributed by atoms with van der Waals surface area (Å²) in [4.78, 5) is 20.0. The van der Waals surface area contributed by atoms with E-state index >= 15 is 0 Å². The zero-order valence-electron chi connectivity index (χ0n) is 12.3. The first-order valence-electron chi connectivity index (χ1n) is 7.34. The van der Waals surface area contributed by atoms with Crippen LogP contribution in [0.3, 0.4) is 0 Å². The molecule has 0 radical (unpaired) electrons. The molecule has 2 aliphatic heterocycles. The topological polar surface area (TPSA) is 96.6 Å². The number of carbonyl (C=O) groups excluding carboxylic acids is 1. The van der Waals surface area contributed by atoms with E-state index in [1.54, 1.807) is 11.1 Å². The fourth-order valence-corrected chi connectivity index (χ4v) is 5.36. The van der Waals surface area contributed by atoms with Crippen LogP contribution in [0.25, 0.3) is 0 Å². The van der Waals surface area contributed by atoms with Crippen molar-refractivity contribution in [2.75, 3.05) is 31.1 Å². The van der Waals surface area contributed by atoms with Gasteiger partial charge in [0.2, 0.25) is 5.91 Å². The normalized spacial score (nSPS) is 27.6. The highest BCUT2D eigenvalue weighted by Crippen LogP contribution is 2.27. The Kier molecular flexibility index (Phi) is 4.16. The van der Waals surface area contributed by atoms with Crippen LogP contribution in [0.4, 0.5) is 0 Å². The zero-order chi connectivity index (χ0) is 15.7. The lowest BCUT2D eigenvalue weighted by Crippen LogP contribution is -2.61. The first-order valence-corrected chi connectivity index (χ1v) is 9.16. The number of rotatable bonds is 3. The predicted molar refractivity (Wildman–Crippen MR) is 81.6 cm³/mol.